The molecule has 1 aliphatic rings. The number of aromatic hydroxyl groups is 1. The predicted molar refractivity (Wildman–Crippen MR) is 86.7 cm³/mol. The third-order valence-electron chi connectivity index (χ3n) is 3.35. The highest BCUT2D eigenvalue weighted by Crippen LogP contribution is 2.29. The number of carbonyl (C=O) groups is 1. The van der Waals surface area contributed by atoms with Gasteiger partial charge in [-0.25, -0.2) is 0 Å². The minimum Gasteiger partial charge on any atom is -0.508 e. The molecule has 0 aliphatic carbocycles. The molecule has 21 heavy (non-hydrogen) atoms. The third kappa shape index (κ3) is 5.73. The molecule has 0 atom stereocenters. The van der Waals surface area contributed by atoms with E-state index in [1.807, 2.05) is 11.8 Å². The number of hydrogen-bond donors (Lipinski definition) is 2. The Kier molecular flexibility index (Phi) is 7.86. The zero-order chi connectivity index (χ0) is 15.8. The quantitative estimate of drug-likeness (QED) is 0.869. The largest absolute Gasteiger partial charge is 0.508 e. The Hall–Kier alpha value is -0.970. The van der Waals surface area contributed by atoms with E-state index in [0.29, 0.717) is 27.9 Å². The topological polar surface area (TPSA) is 66.6 Å². The molecule has 118 valence electrons. The van der Waals surface area contributed by atoms with E-state index in [1.54, 1.807) is 6.07 Å². The molecule has 1 fully saturated rings. The molecule has 6 heteroatoms. The second-order valence-corrected chi connectivity index (χ2v) is 5.71. The van der Waals surface area contributed by atoms with Crippen LogP contribution < -0.4 is 5.73 Å². The van der Waals surface area contributed by atoms with Crippen molar-refractivity contribution in [3.05, 3.63) is 27.7 Å². The number of phenols is 1. The number of hydrogen-bond acceptors (Lipinski definition) is 3. The Balaban J connectivity index is 0.000000211. The van der Waals surface area contributed by atoms with Crippen LogP contribution in [0.25, 0.3) is 0 Å². The second-order valence-electron chi connectivity index (χ2n) is 4.89. The molecule has 0 bridgehead atoms. The molecule has 0 aromatic heterocycles. The summed E-state index contributed by atoms with van der Waals surface area (Å²) < 4.78 is 0. The van der Waals surface area contributed by atoms with Crippen LogP contribution in [0.15, 0.2) is 12.1 Å². The second kappa shape index (κ2) is 9.13. The highest BCUT2D eigenvalue weighted by atomic mass is 35.5. The van der Waals surface area contributed by atoms with Gasteiger partial charge in [0.2, 0.25) is 5.91 Å². The summed E-state index contributed by atoms with van der Waals surface area (Å²) in [5.41, 5.74) is 5.90. The number of halogens is 2. The van der Waals surface area contributed by atoms with Crippen LogP contribution in [0.5, 0.6) is 5.75 Å². The molecule has 1 aromatic carbocycles. The van der Waals surface area contributed by atoms with Gasteiger partial charge < -0.3 is 15.7 Å². The molecule has 3 N–H and O–H groups in total. The molecule has 0 unspecified atom stereocenters. The standard InChI is InChI=1S/C8H15NO.C7H7Cl2NO/c1-2-8(10)9-6-4-3-5-7-9;8-5-1-4(3-10)7(11)2-6(5)9/h2-7H2,1H3;1-2,11H,3,10H2. The van der Waals surface area contributed by atoms with Gasteiger partial charge in [0.1, 0.15) is 5.75 Å². The van der Waals surface area contributed by atoms with Crippen LogP contribution in [0.2, 0.25) is 10.0 Å². The van der Waals surface area contributed by atoms with E-state index in [0.717, 1.165) is 13.1 Å². The van der Waals surface area contributed by atoms with Crippen LogP contribution in [0.4, 0.5) is 0 Å². The van der Waals surface area contributed by atoms with Gasteiger partial charge in [-0.2, -0.15) is 0 Å². The molecule has 2 rings (SSSR count). The lowest BCUT2D eigenvalue weighted by Gasteiger charge is -2.26. The van der Waals surface area contributed by atoms with E-state index in [9.17, 15) is 9.90 Å². The van der Waals surface area contributed by atoms with E-state index < -0.39 is 0 Å². The van der Waals surface area contributed by atoms with Crippen molar-refractivity contribution < 1.29 is 9.90 Å². The Morgan fingerprint density at radius 3 is 2.33 bits per heavy atom. The third-order valence-corrected chi connectivity index (χ3v) is 4.07. The van der Waals surface area contributed by atoms with E-state index in [2.05, 4.69) is 0 Å². The summed E-state index contributed by atoms with van der Waals surface area (Å²) in [5, 5.41) is 9.93. The molecule has 4 nitrogen and oxygen atoms in total. The van der Waals surface area contributed by atoms with Crippen molar-refractivity contribution in [1.82, 2.24) is 4.90 Å². The van der Waals surface area contributed by atoms with Crippen molar-refractivity contribution in [3.8, 4) is 5.75 Å². The van der Waals surface area contributed by atoms with Crippen LogP contribution in [-0.4, -0.2) is 29.0 Å². The van der Waals surface area contributed by atoms with Crippen LogP contribution in [0.1, 0.15) is 38.2 Å². The minimum absolute atomic E-state index is 0.0851. The molecule has 1 heterocycles. The zero-order valence-corrected chi connectivity index (χ0v) is 13.8. The monoisotopic (exact) mass is 332 g/mol. The number of benzene rings is 1. The lowest BCUT2D eigenvalue weighted by molar-refractivity contribution is -0.131. The fourth-order valence-corrected chi connectivity index (χ4v) is 2.45. The van der Waals surface area contributed by atoms with Crippen LogP contribution in [0, 0.1) is 0 Å². The lowest BCUT2D eigenvalue weighted by atomic mass is 10.1. The molecular formula is C15H22Cl2N2O2. The van der Waals surface area contributed by atoms with Crippen LogP contribution in [-0.2, 0) is 11.3 Å². The minimum atomic E-state index is 0.0851. The first-order valence-corrected chi connectivity index (χ1v) is 7.89. The number of rotatable bonds is 2. The Morgan fingerprint density at radius 1 is 1.24 bits per heavy atom. The smallest absolute Gasteiger partial charge is 0.222 e. The Bertz CT molecular complexity index is 475. The molecule has 1 aromatic rings. The molecular weight excluding hydrogens is 311 g/mol. The summed E-state index contributed by atoms with van der Waals surface area (Å²) >= 11 is 11.3. The lowest BCUT2D eigenvalue weighted by Crippen LogP contribution is -2.34. The van der Waals surface area contributed by atoms with Gasteiger partial charge in [0.25, 0.3) is 0 Å². The molecule has 1 aliphatic heterocycles. The average Bonchev–Trinajstić information content (AvgIpc) is 2.51. The van der Waals surface area contributed by atoms with Gasteiger partial charge in [0, 0.05) is 37.7 Å². The van der Waals surface area contributed by atoms with Gasteiger partial charge in [-0.1, -0.05) is 30.1 Å². The summed E-state index contributed by atoms with van der Waals surface area (Å²) in [6.07, 6.45) is 4.37. The van der Waals surface area contributed by atoms with Crippen molar-refractivity contribution >= 4 is 29.1 Å². The molecule has 1 amide bonds. The van der Waals surface area contributed by atoms with Gasteiger partial charge in [-0.05, 0) is 25.3 Å². The maximum absolute atomic E-state index is 11.1. The normalized spacial score (nSPS) is 14.4. The molecule has 0 radical (unpaired) electrons. The van der Waals surface area contributed by atoms with Crippen molar-refractivity contribution in [2.24, 2.45) is 5.73 Å². The molecule has 0 saturated carbocycles. The van der Waals surface area contributed by atoms with Crippen LogP contribution in [0.3, 0.4) is 0 Å². The summed E-state index contributed by atoms with van der Waals surface area (Å²) in [7, 11) is 0. The molecule has 1 saturated heterocycles. The van der Waals surface area contributed by atoms with E-state index in [-0.39, 0.29) is 12.3 Å². The number of phenolic OH excluding ortho intramolecular Hbond substituents is 1. The number of carbonyl (C=O) groups excluding carboxylic acids is 1. The number of nitrogens with zero attached hydrogens (tertiary/aromatic N) is 1. The first kappa shape index (κ1) is 18.1. The number of piperidine rings is 1. The molecule has 0 spiro atoms. The van der Waals surface area contributed by atoms with Crippen molar-refractivity contribution in [3.63, 3.8) is 0 Å². The summed E-state index contributed by atoms with van der Waals surface area (Å²) in [6.45, 7) is 4.17. The van der Waals surface area contributed by atoms with Gasteiger partial charge in [0.05, 0.1) is 10.0 Å². The fourth-order valence-electron chi connectivity index (χ4n) is 2.11. The SMILES string of the molecule is CCC(=O)N1CCCCC1.NCc1cc(Cl)c(Cl)cc1O. The zero-order valence-electron chi connectivity index (χ0n) is 12.2. The maximum atomic E-state index is 11.1. The van der Waals surface area contributed by atoms with Crippen LogP contribution >= 0.6 is 23.2 Å². The summed E-state index contributed by atoms with van der Waals surface area (Å²) in [5.74, 6) is 0.404. The Labute approximate surface area is 135 Å². The van der Waals surface area contributed by atoms with E-state index in [1.165, 1.54) is 25.3 Å². The Morgan fingerprint density at radius 2 is 1.81 bits per heavy atom. The number of amides is 1. The predicted octanol–water partition coefficient (Wildman–Crippen LogP) is 3.57. The van der Waals surface area contributed by atoms with E-state index >= 15 is 0 Å². The number of likely N-dealkylation sites (tertiary alicyclic amines) is 1. The van der Waals surface area contributed by atoms with Gasteiger partial charge in [0.15, 0.2) is 0 Å². The highest BCUT2D eigenvalue weighted by molar-refractivity contribution is 6.42. The summed E-state index contributed by atoms with van der Waals surface area (Å²) in [4.78, 5) is 13.1. The van der Waals surface area contributed by atoms with Crippen molar-refractivity contribution in [2.75, 3.05) is 13.1 Å². The summed E-state index contributed by atoms with van der Waals surface area (Å²) in [6, 6.07) is 2.94. The van der Waals surface area contributed by atoms with E-state index in [4.69, 9.17) is 28.9 Å². The number of nitrogens with two attached hydrogens (primary N) is 1. The van der Waals surface area contributed by atoms with Crippen molar-refractivity contribution in [1.29, 1.82) is 0 Å². The van der Waals surface area contributed by atoms with Gasteiger partial charge in [-0.3, -0.25) is 4.79 Å². The average molecular weight is 333 g/mol. The van der Waals surface area contributed by atoms with Gasteiger partial charge >= 0.3 is 0 Å². The van der Waals surface area contributed by atoms with Crippen molar-refractivity contribution in [2.45, 2.75) is 39.2 Å². The van der Waals surface area contributed by atoms with Gasteiger partial charge in [-0.15, -0.1) is 0 Å². The first-order valence-electron chi connectivity index (χ1n) is 7.14. The fraction of sp³-hybridized carbons (Fsp3) is 0.533. The highest BCUT2D eigenvalue weighted by Gasteiger charge is 2.13. The first-order chi connectivity index (χ1) is 9.99. The maximum Gasteiger partial charge on any atom is 0.222 e.